The molecule has 0 saturated carbocycles. The number of azide groups is 1. The van der Waals surface area contributed by atoms with E-state index in [9.17, 15) is 18.3 Å². The Morgan fingerprint density at radius 3 is 2.57 bits per heavy atom. The van der Waals surface area contributed by atoms with E-state index in [1.807, 2.05) is 6.92 Å². The van der Waals surface area contributed by atoms with Crippen molar-refractivity contribution in [1.82, 2.24) is 4.31 Å². The molecule has 0 spiro atoms. The van der Waals surface area contributed by atoms with E-state index in [4.69, 9.17) is 5.53 Å². The van der Waals surface area contributed by atoms with Gasteiger partial charge in [0.25, 0.3) is 0 Å². The summed E-state index contributed by atoms with van der Waals surface area (Å²) in [5, 5.41) is 12.6. The lowest BCUT2D eigenvalue weighted by molar-refractivity contribution is -0.140. The van der Waals surface area contributed by atoms with Crippen LogP contribution in [0.15, 0.2) is 34.3 Å². The van der Waals surface area contributed by atoms with E-state index in [0.29, 0.717) is 0 Å². The van der Waals surface area contributed by atoms with Gasteiger partial charge in [0.05, 0.1) is 10.9 Å². The molecular formula is C12H14N4O4S. The lowest BCUT2D eigenvalue weighted by Crippen LogP contribution is -2.40. The predicted molar refractivity (Wildman–Crippen MR) is 74.0 cm³/mol. The first-order valence-electron chi connectivity index (χ1n) is 6.22. The van der Waals surface area contributed by atoms with E-state index < -0.39 is 28.1 Å². The minimum absolute atomic E-state index is 0.0233. The summed E-state index contributed by atoms with van der Waals surface area (Å²) in [5.41, 5.74) is 9.33. The van der Waals surface area contributed by atoms with Crippen molar-refractivity contribution in [2.24, 2.45) is 5.11 Å². The molecule has 112 valence electrons. The van der Waals surface area contributed by atoms with Gasteiger partial charge in [0.1, 0.15) is 6.04 Å². The van der Waals surface area contributed by atoms with Crippen LogP contribution in [0.3, 0.4) is 0 Å². The third-order valence-corrected chi connectivity index (χ3v) is 5.25. The average molecular weight is 310 g/mol. The van der Waals surface area contributed by atoms with Crippen molar-refractivity contribution in [2.75, 3.05) is 6.54 Å². The van der Waals surface area contributed by atoms with E-state index in [2.05, 4.69) is 10.0 Å². The molecule has 2 atom stereocenters. The van der Waals surface area contributed by atoms with Crippen LogP contribution in [0.4, 0.5) is 0 Å². The van der Waals surface area contributed by atoms with Gasteiger partial charge in [0.2, 0.25) is 10.0 Å². The molecule has 2 rings (SSSR count). The number of nitrogens with zero attached hydrogens (tertiary/aromatic N) is 4. The largest absolute Gasteiger partial charge is 0.480 e. The van der Waals surface area contributed by atoms with Gasteiger partial charge in [-0.25, -0.2) is 8.42 Å². The summed E-state index contributed by atoms with van der Waals surface area (Å²) < 4.78 is 26.0. The van der Waals surface area contributed by atoms with Gasteiger partial charge < -0.3 is 5.11 Å². The van der Waals surface area contributed by atoms with Crippen molar-refractivity contribution in [1.29, 1.82) is 0 Å². The molecule has 1 heterocycles. The smallest absolute Gasteiger partial charge is 0.322 e. The number of carboxylic acids is 1. The number of hydrogen-bond acceptors (Lipinski definition) is 4. The Balaban J connectivity index is 2.39. The van der Waals surface area contributed by atoms with E-state index >= 15 is 0 Å². The van der Waals surface area contributed by atoms with E-state index in [0.717, 1.165) is 9.87 Å². The summed E-state index contributed by atoms with van der Waals surface area (Å²) in [6, 6.07) is 4.27. The minimum Gasteiger partial charge on any atom is -0.480 e. The van der Waals surface area contributed by atoms with Crippen LogP contribution in [0.2, 0.25) is 0 Å². The zero-order chi connectivity index (χ0) is 15.6. The maximum atomic E-state index is 12.5. The molecule has 0 amide bonds. The van der Waals surface area contributed by atoms with Gasteiger partial charge in [0, 0.05) is 11.5 Å². The lowest BCUT2D eigenvalue weighted by Gasteiger charge is -2.20. The molecule has 1 aromatic rings. The third kappa shape index (κ3) is 2.99. The summed E-state index contributed by atoms with van der Waals surface area (Å²) in [7, 11) is -3.93. The van der Waals surface area contributed by atoms with E-state index in [1.165, 1.54) is 12.1 Å². The molecule has 0 unspecified atom stereocenters. The summed E-state index contributed by atoms with van der Waals surface area (Å²) >= 11 is 0. The van der Waals surface area contributed by atoms with Crippen LogP contribution in [-0.4, -0.2) is 42.4 Å². The average Bonchev–Trinajstić information content (AvgIpc) is 2.85. The zero-order valence-electron chi connectivity index (χ0n) is 11.2. The lowest BCUT2D eigenvalue weighted by atomic mass is 10.2. The summed E-state index contributed by atoms with van der Waals surface area (Å²) in [6.07, 6.45) is -0.0233. The molecule has 1 fully saturated rings. The van der Waals surface area contributed by atoms with Crippen molar-refractivity contribution in [3.8, 4) is 0 Å². The van der Waals surface area contributed by atoms with Crippen LogP contribution in [0.1, 0.15) is 12.0 Å². The van der Waals surface area contributed by atoms with Crippen LogP contribution in [0, 0.1) is 6.92 Å². The van der Waals surface area contributed by atoms with Gasteiger partial charge in [0.15, 0.2) is 0 Å². The van der Waals surface area contributed by atoms with E-state index in [-0.39, 0.29) is 17.9 Å². The molecule has 1 saturated heterocycles. The molecule has 21 heavy (non-hydrogen) atoms. The first-order valence-corrected chi connectivity index (χ1v) is 7.66. The first kappa shape index (κ1) is 15.3. The van der Waals surface area contributed by atoms with Crippen LogP contribution in [0.5, 0.6) is 0 Å². The molecule has 0 aromatic heterocycles. The molecule has 1 N–H and O–H groups in total. The van der Waals surface area contributed by atoms with Crippen LogP contribution >= 0.6 is 0 Å². The molecule has 8 nitrogen and oxygen atoms in total. The Morgan fingerprint density at radius 2 is 2.05 bits per heavy atom. The molecular weight excluding hydrogens is 296 g/mol. The third-order valence-electron chi connectivity index (χ3n) is 3.36. The second kappa shape index (κ2) is 5.72. The predicted octanol–water partition coefficient (Wildman–Crippen LogP) is 1.52. The Hall–Kier alpha value is -2.09. The molecule has 1 aliphatic heterocycles. The molecule has 9 heteroatoms. The number of aryl methyl sites for hydroxylation is 1. The van der Waals surface area contributed by atoms with Gasteiger partial charge in [-0.3, -0.25) is 4.79 Å². The first-order chi connectivity index (χ1) is 9.86. The van der Waals surface area contributed by atoms with Gasteiger partial charge in [-0.05, 0) is 31.0 Å². The van der Waals surface area contributed by atoms with Gasteiger partial charge >= 0.3 is 5.97 Å². The van der Waals surface area contributed by atoms with Gasteiger partial charge in [-0.2, -0.15) is 4.31 Å². The highest BCUT2D eigenvalue weighted by Gasteiger charge is 2.43. The highest BCUT2D eigenvalue weighted by molar-refractivity contribution is 7.89. The normalized spacial score (nSPS) is 22.7. The maximum absolute atomic E-state index is 12.5. The Morgan fingerprint density at radius 1 is 1.43 bits per heavy atom. The van der Waals surface area contributed by atoms with Gasteiger partial charge in [-0.15, -0.1) is 0 Å². The maximum Gasteiger partial charge on any atom is 0.322 e. The second-order valence-electron chi connectivity index (χ2n) is 4.84. The fraction of sp³-hybridized carbons (Fsp3) is 0.417. The van der Waals surface area contributed by atoms with Crippen molar-refractivity contribution < 1.29 is 18.3 Å². The number of benzene rings is 1. The van der Waals surface area contributed by atoms with Crippen molar-refractivity contribution in [3.05, 3.63) is 40.3 Å². The molecule has 0 aliphatic carbocycles. The second-order valence-corrected chi connectivity index (χ2v) is 6.73. The Labute approximate surface area is 121 Å². The molecule has 1 aromatic carbocycles. The number of aliphatic carboxylic acids is 1. The number of hydrogen-bond donors (Lipinski definition) is 1. The fourth-order valence-electron chi connectivity index (χ4n) is 2.28. The van der Waals surface area contributed by atoms with Crippen LogP contribution in [0.25, 0.3) is 10.4 Å². The Kier molecular flexibility index (Phi) is 4.17. The monoisotopic (exact) mass is 310 g/mol. The van der Waals surface area contributed by atoms with Gasteiger partial charge in [-0.1, -0.05) is 22.8 Å². The highest BCUT2D eigenvalue weighted by Crippen LogP contribution is 2.28. The standard InChI is InChI=1S/C12H14N4O4S/c1-8-2-4-10(5-3-8)21(19,20)16-7-9(14-15-13)6-11(16)12(17)18/h2-5,9,11H,6-7H2,1H3,(H,17,18)/t9-,11-/m0/s1. The summed E-state index contributed by atoms with van der Waals surface area (Å²) in [6.45, 7) is 1.70. The highest BCUT2D eigenvalue weighted by atomic mass is 32.2. The molecule has 0 radical (unpaired) electrons. The summed E-state index contributed by atoms with van der Waals surface area (Å²) in [5.74, 6) is -1.25. The summed E-state index contributed by atoms with van der Waals surface area (Å²) in [4.78, 5) is 13.9. The quantitative estimate of drug-likeness (QED) is 0.514. The minimum atomic E-state index is -3.93. The number of rotatable bonds is 4. The van der Waals surface area contributed by atoms with E-state index in [1.54, 1.807) is 12.1 Å². The SMILES string of the molecule is Cc1ccc(S(=O)(=O)N2C[C@@H](N=[N+]=[N-])C[C@H]2C(=O)O)cc1. The number of carbonyl (C=O) groups is 1. The Bertz CT molecular complexity index is 694. The fourth-order valence-corrected chi connectivity index (χ4v) is 3.91. The van der Waals surface area contributed by atoms with Crippen molar-refractivity contribution >= 4 is 16.0 Å². The van der Waals surface area contributed by atoms with Crippen LogP contribution < -0.4 is 0 Å². The van der Waals surface area contributed by atoms with Crippen molar-refractivity contribution in [3.63, 3.8) is 0 Å². The zero-order valence-corrected chi connectivity index (χ0v) is 12.1. The number of sulfonamides is 1. The topological polar surface area (TPSA) is 123 Å². The molecule has 0 bridgehead atoms. The van der Waals surface area contributed by atoms with Crippen LogP contribution in [-0.2, 0) is 14.8 Å². The number of carboxylic acid groups (broad SMARTS) is 1. The van der Waals surface area contributed by atoms with Crippen molar-refractivity contribution in [2.45, 2.75) is 30.3 Å². The molecule has 1 aliphatic rings.